The largest absolute Gasteiger partial charge is 0.323 e. The van der Waals surface area contributed by atoms with Crippen LogP contribution >= 0.6 is 11.8 Å². The van der Waals surface area contributed by atoms with Crippen molar-refractivity contribution < 1.29 is 4.79 Å². The molecular formula is C12H22N2OS. The van der Waals surface area contributed by atoms with E-state index in [0.29, 0.717) is 11.9 Å². The summed E-state index contributed by atoms with van der Waals surface area (Å²) in [6.07, 6.45) is 7.08. The Morgan fingerprint density at radius 2 is 2.25 bits per heavy atom. The third kappa shape index (κ3) is 2.09. The second-order valence-electron chi connectivity index (χ2n) is 4.88. The van der Waals surface area contributed by atoms with Gasteiger partial charge in [0, 0.05) is 11.3 Å². The molecule has 0 radical (unpaired) electrons. The fourth-order valence-corrected chi connectivity index (χ4v) is 3.74. The quantitative estimate of drug-likeness (QED) is 0.819. The van der Waals surface area contributed by atoms with Crippen LogP contribution in [-0.4, -0.2) is 40.6 Å². The molecule has 1 aliphatic heterocycles. The third-order valence-electron chi connectivity index (χ3n) is 3.87. The van der Waals surface area contributed by atoms with E-state index in [1.165, 1.54) is 19.3 Å². The normalized spacial score (nSPS) is 39.7. The number of thioether (sulfide) groups is 1. The van der Waals surface area contributed by atoms with Crippen molar-refractivity contribution in [2.24, 2.45) is 0 Å². The van der Waals surface area contributed by atoms with Crippen LogP contribution in [-0.2, 0) is 4.79 Å². The average molecular weight is 242 g/mol. The first-order valence-corrected chi connectivity index (χ1v) is 7.57. The average Bonchev–Trinajstić information content (AvgIpc) is 2.85. The molecule has 0 aromatic carbocycles. The smallest absolute Gasteiger partial charge is 0.240 e. The van der Waals surface area contributed by atoms with E-state index in [9.17, 15) is 4.79 Å². The van der Waals surface area contributed by atoms with Crippen molar-refractivity contribution in [3.8, 4) is 0 Å². The van der Waals surface area contributed by atoms with Crippen LogP contribution in [0.25, 0.3) is 0 Å². The number of nitrogens with zero attached hydrogens (tertiary/aromatic N) is 1. The molecule has 4 heteroatoms. The molecule has 16 heavy (non-hydrogen) atoms. The summed E-state index contributed by atoms with van der Waals surface area (Å²) >= 11 is 1.95. The predicted molar refractivity (Wildman–Crippen MR) is 68.5 cm³/mol. The lowest BCUT2D eigenvalue weighted by atomic mass is 10.2. The molecule has 0 bridgehead atoms. The van der Waals surface area contributed by atoms with E-state index in [-0.39, 0.29) is 12.2 Å². The minimum Gasteiger partial charge on any atom is -0.323 e. The zero-order valence-electron chi connectivity index (χ0n) is 10.4. The minimum atomic E-state index is 0.0123. The molecule has 1 N–H and O–H groups in total. The second-order valence-corrected chi connectivity index (χ2v) is 6.02. The summed E-state index contributed by atoms with van der Waals surface area (Å²) in [5.74, 6) is 0.304. The van der Waals surface area contributed by atoms with Crippen LogP contribution < -0.4 is 5.32 Å². The van der Waals surface area contributed by atoms with Gasteiger partial charge in [-0.05, 0) is 38.9 Å². The third-order valence-corrected chi connectivity index (χ3v) is 4.97. The molecule has 0 aromatic heterocycles. The van der Waals surface area contributed by atoms with Crippen LogP contribution in [0.2, 0.25) is 0 Å². The Morgan fingerprint density at radius 3 is 2.81 bits per heavy atom. The molecule has 1 heterocycles. The SMILES string of the molecule is CCC1NC(C)C(=O)N1C1CCC(SC)C1. The second kappa shape index (κ2) is 4.96. The highest BCUT2D eigenvalue weighted by Crippen LogP contribution is 2.34. The molecule has 0 spiro atoms. The molecule has 4 atom stereocenters. The van der Waals surface area contributed by atoms with Crippen molar-refractivity contribution in [2.45, 2.75) is 63.0 Å². The van der Waals surface area contributed by atoms with Gasteiger partial charge in [-0.2, -0.15) is 11.8 Å². The highest BCUT2D eigenvalue weighted by atomic mass is 32.2. The van der Waals surface area contributed by atoms with Gasteiger partial charge in [-0.3, -0.25) is 10.1 Å². The Hall–Kier alpha value is -0.220. The Kier molecular flexibility index (Phi) is 3.80. The number of nitrogens with one attached hydrogen (secondary N) is 1. The van der Waals surface area contributed by atoms with E-state index in [2.05, 4.69) is 23.4 Å². The summed E-state index contributed by atoms with van der Waals surface area (Å²) in [4.78, 5) is 14.2. The predicted octanol–water partition coefficient (Wildman–Crippen LogP) is 1.83. The van der Waals surface area contributed by atoms with Gasteiger partial charge in [-0.25, -0.2) is 0 Å². The summed E-state index contributed by atoms with van der Waals surface area (Å²) < 4.78 is 0. The lowest BCUT2D eigenvalue weighted by Crippen LogP contribution is -2.43. The van der Waals surface area contributed by atoms with Crippen LogP contribution in [0.15, 0.2) is 0 Å². The molecule has 1 amide bonds. The molecule has 2 aliphatic rings. The lowest BCUT2D eigenvalue weighted by Gasteiger charge is -2.29. The fourth-order valence-electron chi connectivity index (χ4n) is 2.95. The van der Waals surface area contributed by atoms with Gasteiger partial charge in [0.2, 0.25) is 5.91 Å². The van der Waals surface area contributed by atoms with Gasteiger partial charge in [0.05, 0.1) is 12.2 Å². The first-order valence-electron chi connectivity index (χ1n) is 6.28. The van der Waals surface area contributed by atoms with Gasteiger partial charge in [0.1, 0.15) is 0 Å². The van der Waals surface area contributed by atoms with Crippen molar-refractivity contribution in [2.75, 3.05) is 6.26 Å². The Morgan fingerprint density at radius 1 is 1.50 bits per heavy atom. The van der Waals surface area contributed by atoms with Gasteiger partial charge in [0.25, 0.3) is 0 Å². The summed E-state index contributed by atoms with van der Waals surface area (Å²) in [6.45, 7) is 4.13. The standard InChI is InChI=1S/C12H22N2OS/c1-4-11-13-8(2)12(15)14(11)9-5-6-10(7-9)16-3/h8-11,13H,4-7H2,1-3H3. The summed E-state index contributed by atoms with van der Waals surface area (Å²) in [7, 11) is 0. The zero-order valence-corrected chi connectivity index (χ0v) is 11.2. The molecule has 1 aliphatic carbocycles. The van der Waals surface area contributed by atoms with E-state index < -0.39 is 0 Å². The van der Waals surface area contributed by atoms with Crippen LogP contribution in [0.1, 0.15) is 39.5 Å². The summed E-state index contributed by atoms with van der Waals surface area (Å²) in [5.41, 5.74) is 0. The Labute approximate surface area is 102 Å². The molecule has 92 valence electrons. The fraction of sp³-hybridized carbons (Fsp3) is 0.917. The number of hydrogen-bond acceptors (Lipinski definition) is 3. The van der Waals surface area contributed by atoms with Crippen LogP contribution in [0.4, 0.5) is 0 Å². The Bertz CT molecular complexity index is 272. The molecule has 0 aromatic rings. The molecule has 4 unspecified atom stereocenters. The summed E-state index contributed by atoms with van der Waals surface area (Å²) in [5, 5.41) is 4.14. The van der Waals surface area contributed by atoms with Crippen molar-refractivity contribution in [3.63, 3.8) is 0 Å². The van der Waals surface area contributed by atoms with Crippen molar-refractivity contribution >= 4 is 17.7 Å². The monoisotopic (exact) mass is 242 g/mol. The van der Waals surface area contributed by atoms with Crippen molar-refractivity contribution in [1.29, 1.82) is 0 Å². The van der Waals surface area contributed by atoms with Gasteiger partial charge in [0.15, 0.2) is 0 Å². The number of amides is 1. The van der Waals surface area contributed by atoms with Gasteiger partial charge < -0.3 is 4.90 Å². The van der Waals surface area contributed by atoms with Gasteiger partial charge >= 0.3 is 0 Å². The van der Waals surface area contributed by atoms with E-state index in [1.807, 2.05) is 18.7 Å². The van der Waals surface area contributed by atoms with Crippen LogP contribution in [0.3, 0.4) is 0 Å². The molecule has 2 fully saturated rings. The maximum absolute atomic E-state index is 12.1. The highest BCUT2D eigenvalue weighted by Gasteiger charge is 2.41. The zero-order chi connectivity index (χ0) is 11.7. The van der Waals surface area contributed by atoms with Gasteiger partial charge in [-0.15, -0.1) is 0 Å². The lowest BCUT2D eigenvalue weighted by molar-refractivity contribution is -0.131. The minimum absolute atomic E-state index is 0.0123. The first kappa shape index (κ1) is 12.2. The number of hydrogen-bond donors (Lipinski definition) is 1. The first-order chi connectivity index (χ1) is 7.67. The van der Waals surface area contributed by atoms with Crippen LogP contribution in [0.5, 0.6) is 0 Å². The van der Waals surface area contributed by atoms with E-state index in [4.69, 9.17) is 0 Å². The number of rotatable bonds is 3. The molecule has 2 rings (SSSR count). The Balaban J connectivity index is 2.05. The summed E-state index contributed by atoms with van der Waals surface area (Å²) in [6, 6.07) is 0.491. The molecule has 1 saturated heterocycles. The molecular weight excluding hydrogens is 220 g/mol. The van der Waals surface area contributed by atoms with E-state index in [1.54, 1.807) is 0 Å². The van der Waals surface area contributed by atoms with Crippen molar-refractivity contribution in [3.05, 3.63) is 0 Å². The van der Waals surface area contributed by atoms with Crippen molar-refractivity contribution in [1.82, 2.24) is 10.2 Å². The number of carbonyl (C=O) groups excluding carboxylic acids is 1. The van der Waals surface area contributed by atoms with E-state index >= 15 is 0 Å². The maximum Gasteiger partial charge on any atom is 0.240 e. The maximum atomic E-state index is 12.1. The topological polar surface area (TPSA) is 32.3 Å². The molecule has 1 saturated carbocycles. The molecule has 3 nitrogen and oxygen atoms in total. The van der Waals surface area contributed by atoms with Gasteiger partial charge in [-0.1, -0.05) is 6.92 Å². The van der Waals surface area contributed by atoms with Crippen LogP contribution in [0, 0.1) is 0 Å². The highest BCUT2D eigenvalue weighted by molar-refractivity contribution is 7.99. The number of carbonyl (C=O) groups is 1. The van der Waals surface area contributed by atoms with E-state index in [0.717, 1.165) is 11.7 Å².